The number of anilines is 1. The van der Waals surface area contributed by atoms with Gasteiger partial charge in [0.05, 0.1) is 23.5 Å². The van der Waals surface area contributed by atoms with E-state index in [1.807, 2.05) is 59.5 Å². The molecule has 1 aliphatic heterocycles. The average molecular weight is 441 g/mol. The second kappa shape index (κ2) is 8.13. The molecule has 0 amide bonds. The Hall–Kier alpha value is -3.64. The lowest BCUT2D eigenvalue weighted by Gasteiger charge is -2.28. The number of thiocarbonyl (C=S) groups is 1. The number of hydrogen-bond acceptors (Lipinski definition) is 3. The van der Waals surface area contributed by atoms with Crippen molar-refractivity contribution < 1.29 is 5.11 Å². The summed E-state index contributed by atoms with van der Waals surface area (Å²) in [6.07, 6.45) is 1.80. The minimum atomic E-state index is -0.172. The van der Waals surface area contributed by atoms with Gasteiger partial charge in [-0.05, 0) is 74.1 Å². The van der Waals surface area contributed by atoms with Crippen LogP contribution < -0.4 is 10.2 Å². The summed E-state index contributed by atoms with van der Waals surface area (Å²) in [6, 6.07) is 25.4. The first-order valence-electron chi connectivity index (χ1n) is 10.6. The van der Waals surface area contributed by atoms with Crippen LogP contribution in [-0.4, -0.2) is 19.8 Å². The molecule has 5 nitrogen and oxygen atoms in total. The van der Waals surface area contributed by atoms with Crippen LogP contribution in [0, 0.1) is 13.8 Å². The van der Waals surface area contributed by atoms with E-state index in [0.717, 1.165) is 28.3 Å². The molecule has 0 spiro atoms. The number of rotatable bonds is 4. The molecule has 1 saturated heterocycles. The third-order valence-corrected chi connectivity index (χ3v) is 6.36. The molecule has 2 aromatic heterocycles. The Morgan fingerprint density at radius 2 is 1.66 bits per heavy atom. The average Bonchev–Trinajstić information content (AvgIpc) is 3.30. The number of phenols is 1. The van der Waals surface area contributed by atoms with Gasteiger partial charge in [-0.3, -0.25) is 4.98 Å². The summed E-state index contributed by atoms with van der Waals surface area (Å²) in [6.45, 7) is 4.25. The summed E-state index contributed by atoms with van der Waals surface area (Å²) < 4.78 is 2.26. The maximum absolute atomic E-state index is 10.7. The van der Waals surface area contributed by atoms with Crippen LogP contribution in [0.1, 0.15) is 34.7 Å². The topological polar surface area (TPSA) is 53.3 Å². The predicted octanol–water partition coefficient (Wildman–Crippen LogP) is 5.37. The fourth-order valence-corrected chi connectivity index (χ4v) is 5.00. The number of aromatic hydroxyl groups is 1. The van der Waals surface area contributed by atoms with E-state index in [4.69, 9.17) is 12.2 Å². The van der Waals surface area contributed by atoms with E-state index in [-0.39, 0.29) is 17.8 Å². The molecular formula is C26H24N4OS. The van der Waals surface area contributed by atoms with Gasteiger partial charge in [-0.2, -0.15) is 0 Å². The zero-order chi connectivity index (χ0) is 22.2. The normalized spacial score (nSPS) is 18.1. The summed E-state index contributed by atoms with van der Waals surface area (Å²) in [5.41, 5.74) is 6.11. The van der Waals surface area contributed by atoms with E-state index >= 15 is 0 Å². The lowest BCUT2D eigenvalue weighted by Crippen LogP contribution is -2.29. The molecule has 1 fully saturated rings. The van der Waals surface area contributed by atoms with Crippen LogP contribution in [-0.2, 0) is 0 Å². The smallest absolute Gasteiger partial charge is 0.174 e. The predicted molar refractivity (Wildman–Crippen MR) is 131 cm³/mol. The van der Waals surface area contributed by atoms with Gasteiger partial charge in [0.2, 0.25) is 0 Å². The van der Waals surface area contributed by atoms with Gasteiger partial charge in [0.1, 0.15) is 5.75 Å². The Morgan fingerprint density at radius 1 is 0.938 bits per heavy atom. The highest BCUT2D eigenvalue weighted by molar-refractivity contribution is 7.80. The molecule has 5 rings (SSSR count). The number of nitrogens with one attached hydrogen (secondary N) is 1. The van der Waals surface area contributed by atoms with Gasteiger partial charge >= 0.3 is 0 Å². The molecule has 4 aromatic rings. The van der Waals surface area contributed by atoms with E-state index in [9.17, 15) is 5.11 Å². The monoisotopic (exact) mass is 440 g/mol. The van der Waals surface area contributed by atoms with E-state index in [0.29, 0.717) is 10.8 Å². The highest BCUT2D eigenvalue weighted by atomic mass is 32.1. The van der Waals surface area contributed by atoms with Crippen molar-refractivity contribution in [3.05, 3.63) is 108 Å². The highest BCUT2D eigenvalue weighted by Gasteiger charge is 2.43. The minimum Gasteiger partial charge on any atom is -0.506 e. The van der Waals surface area contributed by atoms with Crippen molar-refractivity contribution in [1.29, 1.82) is 0 Å². The van der Waals surface area contributed by atoms with Gasteiger partial charge < -0.3 is 19.9 Å². The Balaban J connectivity index is 1.70. The molecule has 0 bridgehead atoms. The summed E-state index contributed by atoms with van der Waals surface area (Å²) in [7, 11) is 0. The molecule has 32 heavy (non-hydrogen) atoms. The van der Waals surface area contributed by atoms with Crippen molar-refractivity contribution in [2.24, 2.45) is 0 Å². The molecule has 1 aliphatic rings. The molecule has 2 atom stereocenters. The minimum absolute atomic E-state index is 0.159. The maximum atomic E-state index is 10.7. The van der Waals surface area contributed by atoms with E-state index in [1.165, 1.54) is 0 Å². The van der Waals surface area contributed by atoms with Crippen molar-refractivity contribution in [3.63, 3.8) is 0 Å². The number of para-hydroxylation sites is 3. The summed E-state index contributed by atoms with van der Waals surface area (Å²) in [5, 5.41) is 14.7. The van der Waals surface area contributed by atoms with Gasteiger partial charge in [-0.15, -0.1) is 0 Å². The molecule has 2 aromatic carbocycles. The van der Waals surface area contributed by atoms with Crippen LogP contribution in [0.15, 0.2) is 85.1 Å². The number of aryl methyl sites for hydroxylation is 1. The zero-order valence-corrected chi connectivity index (χ0v) is 18.8. The lowest BCUT2D eigenvalue weighted by molar-refractivity contribution is 0.472. The Kier molecular flexibility index (Phi) is 5.15. The SMILES string of the molecule is Cc1cc([C@@H]2[C@H](c3ccccn3)NC(=S)N2c2ccccc2O)c(C)n1-c1ccccc1. The lowest BCUT2D eigenvalue weighted by atomic mass is 9.96. The molecule has 0 unspecified atom stereocenters. The molecule has 0 radical (unpaired) electrons. The van der Waals surface area contributed by atoms with E-state index in [2.05, 4.69) is 46.9 Å². The summed E-state index contributed by atoms with van der Waals surface area (Å²) in [4.78, 5) is 6.64. The van der Waals surface area contributed by atoms with Crippen LogP contribution in [0.2, 0.25) is 0 Å². The van der Waals surface area contributed by atoms with Gasteiger partial charge in [-0.1, -0.05) is 36.4 Å². The van der Waals surface area contributed by atoms with Gasteiger partial charge in [0.25, 0.3) is 0 Å². The number of aromatic nitrogens is 2. The van der Waals surface area contributed by atoms with E-state index in [1.54, 1.807) is 12.3 Å². The first-order valence-corrected chi connectivity index (χ1v) is 11.0. The van der Waals surface area contributed by atoms with Crippen LogP contribution in [0.3, 0.4) is 0 Å². The molecule has 160 valence electrons. The Morgan fingerprint density at radius 3 is 2.38 bits per heavy atom. The molecule has 6 heteroatoms. The fourth-order valence-electron chi connectivity index (χ4n) is 4.66. The Bertz CT molecular complexity index is 1270. The second-order valence-corrected chi connectivity index (χ2v) is 8.37. The third-order valence-electron chi connectivity index (χ3n) is 6.04. The van der Waals surface area contributed by atoms with Gasteiger partial charge in [-0.25, -0.2) is 0 Å². The van der Waals surface area contributed by atoms with Crippen LogP contribution >= 0.6 is 12.2 Å². The number of benzene rings is 2. The number of hydrogen-bond donors (Lipinski definition) is 2. The van der Waals surface area contributed by atoms with Crippen LogP contribution in [0.25, 0.3) is 5.69 Å². The maximum Gasteiger partial charge on any atom is 0.174 e. The molecule has 0 saturated carbocycles. The number of pyridine rings is 1. The van der Waals surface area contributed by atoms with Crippen molar-refractivity contribution in [1.82, 2.24) is 14.9 Å². The molecule has 0 aliphatic carbocycles. The quantitative estimate of drug-likeness (QED) is 0.418. The third kappa shape index (κ3) is 3.33. The highest BCUT2D eigenvalue weighted by Crippen LogP contribution is 2.45. The molecule has 3 heterocycles. The van der Waals surface area contributed by atoms with Crippen molar-refractivity contribution in [2.75, 3.05) is 4.90 Å². The largest absolute Gasteiger partial charge is 0.506 e. The van der Waals surface area contributed by atoms with Crippen molar-refractivity contribution in [3.8, 4) is 11.4 Å². The Labute approximate surface area is 193 Å². The number of nitrogens with zero attached hydrogens (tertiary/aromatic N) is 3. The van der Waals surface area contributed by atoms with Gasteiger partial charge in [0, 0.05) is 23.3 Å². The van der Waals surface area contributed by atoms with Crippen LogP contribution in [0.5, 0.6) is 5.75 Å². The zero-order valence-electron chi connectivity index (χ0n) is 17.9. The fraction of sp³-hybridized carbons (Fsp3) is 0.154. The number of phenolic OH excluding ortho intramolecular Hbond substituents is 1. The molecular weight excluding hydrogens is 416 g/mol. The molecule has 2 N–H and O–H groups in total. The van der Waals surface area contributed by atoms with Gasteiger partial charge in [0.15, 0.2) is 5.11 Å². The summed E-state index contributed by atoms with van der Waals surface area (Å²) in [5.74, 6) is 0.195. The van der Waals surface area contributed by atoms with Crippen molar-refractivity contribution in [2.45, 2.75) is 25.9 Å². The van der Waals surface area contributed by atoms with Crippen molar-refractivity contribution >= 4 is 23.0 Å². The standard InChI is InChI=1S/C26H24N4OS/c1-17-16-20(18(2)29(17)19-10-4-3-5-11-19)25-24(21-12-8-9-15-27-21)28-26(32)30(25)22-13-6-7-14-23(22)31/h3-16,24-25,31H,1-2H3,(H,28,32)/t24-,25+/m0/s1. The first-order chi connectivity index (χ1) is 15.6. The second-order valence-electron chi connectivity index (χ2n) is 7.98. The summed E-state index contributed by atoms with van der Waals surface area (Å²) >= 11 is 5.78. The van der Waals surface area contributed by atoms with E-state index < -0.39 is 0 Å². The first kappa shape index (κ1) is 20.3. The van der Waals surface area contributed by atoms with Crippen LogP contribution in [0.4, 0.5) is 5.69 Å².